The van der Waals surface area contributed by atoms with Gasteiger partial charge in [-0.1, -0.05) is 35.7 Å². The Hall–Kier alpha value is -1.85. The molecule has 0 bridgehead atoms. The molecule has 1 aromatic carbocycles. The number of carbonyl (C=O) groups is 1. The first-order valence-corrected chi connectivity index (χ1v) is 11.5. The molecule has 1 saturated heterocycles. The van der Waals surface area contributed by atoms with Gasteiger partial charge in [0, 0.05) is 10.9 Å². The van der Waals surface area contributed by atoms with Crippen molar-refractivity contribution >= 4 is 50.8 Å². The van der Waals surface area contributed by atoms with E-state index in [2.05, 4.69) is 25.8 Å². The molecule has 1 fully saturated rings. The molecule has 11 heteroatoms. The van der Waals surface area contributed by atoms with Crippen LogP contribution in [0.4, 0.5) is 11.5 Å². The Bertz CT molecular complexity index is 967. The first-order chi connectivity index (χ1) is 12.5. The molecule has 0 spiro atoms. The van der Waals surface area contributed by atoms with Crippen molar-refractivity contribution in [1.82, 2.24) is 20.5 Å². The van der Waals surface area contributed by atoms with Gasteiger partial charge >= 0.3 is 0 Å². The third-order valence-corrected chi connectivity index (χ3v) is 7.56. The van der Waals surface area contributed by atoms with E-state index in [1.54, 1.807) is 0 Å². The molecule has 2 aliphatic rings. The molecular formula is C15H15N5O3S3. The van der Waals surface area contributed by atoms with E-state index in [0.717, 1.165) is 10.6 Å². The summed E-state index contributed by atoms with van der Waals surface area (Å²) in [6.45, 7) is 0. The van der Waals surface area contributed by atoms with Gasteiger partial charge in [0.05, 0.1) is 22.9 Å². The second kappa shape index (κ2) is 7.05. The standard InChI is InChI=1S/C15H15N5O3S3/c21-12(16-9-5-6-26(22,23)8-9)7-24-15-18-13-14(19-20-15)25-11-4-2-1-3-10(11)17-13/h1-4,9H,5-8H2,(H,16,21)(H,17,18,20). The quantitative estimate of drug-likeness (QED) is 0.618. The lowest BCUT2D eigenvalue weighted by atomic mass is 10.3. The second-order valence-corrected chi connectivity index (χ2v) is 10.1. The molecule has 26 heavy (non-hydrogen) atoms. The number of aromatic nitrogens is 3. The summed E-state index contributed by atoms with van der Waals surface area (Å²) in [5.74, 6) is 0.648. The van der Waals surface area contributed by atoms with Gasteiger partial charge in [0.25, 0.3) is 0 Å². The number of thioether (sulfide) groups is 1. The van der Waals surface area contributed by atoms with Crippen LogP contribution >= 0.6 is 23.5 Å². The SMILES string of the molecule is O=C(CSc1nnc2c(n1)Nc1ccccc1S2)NC1CCS(=O)(=O)C1. The van der Waals surface area contributed by atoms with Crippen LogP contribution < -0.4 is 10.6 Å². The first-order valence-electron chi connectivity index (χ1n) is 7.90. The third-order valence-electron chi connectivity index (χ3n) is 3.91. The van der Waals surface area contributed by atoms with E-state index in [1.807, 2.05) is 24.3 Å². The maximum absolute atomic E-state index is 12.0. The molecule has 4 rings (SSSR count). The van der Waals surface area contributed by atoms with Crippen molar-refractivity contribution in [2.45, 2.75) is 27.5 Å². The highest BCUT2D eigenvalue weighted by atomic mass is 32.2. The zero-order valence-corrected chi connectivity index (χ0v) is 16.0. The number of carbonyl (C=O) groups excluding carboxylic acids is 1. The van der Waals surface area contributed by atoms with Crippen molar-refractivity contribution in [3.63, 3.8) is 0 Å². The molecule has 0 saturated carbocycles. The zero-order valence-electron chi connectivity index (χ0n) is 13.5. The lowest BCUT2D eigenvalue weighted by Gasteiger charge is -2.18. The van der Waals surface area contributed by atoms with Crippen LogP contribution in [0, 0.1) is 0 Å². The summed E-state index contributed by atoms with van der Waals surface area (Å²) in [5, 5.41) is 15.3. The summed E-state index contributed by atoms with van der Waals surface area (Å²) >= 11 is 2.66. The molecule has 3 heterocycles. The molecule has 1 unspecified atom stereocenters. The van der Waals surface area contributed by atoms with Gasteiger partial charge in [-0.2, -0.15) is 0 Å². The number of rotatable bonds is 4. The average molecular weight is 410 g/mol. The number of fused-ring (bicyclic) bond motifs is 2. The monoisotopic (exact) mass is 409 g/mol. The van der Waals surface area contributed by atoms with Gasteiger partial charge in [0.2, 0.25) is 11.1 Å². The molecular weight excluding hydrogens is 394 g/mol. The highest BCUT2D eigenvalue weighted by molar-refractivity contribution is 8.00. The summed E-state index contributed by atoms with van der Waals surface area (Å²) in [6, 6.07) is 7.55. The zero-order chi connectivity index (χ0) is 18.1. The lowest BCUT2D eigenvalue weighted by molar-refractivity contribution is -0.119. The van der Waals surface area contributed by atoms with Crippen LogP contribution in [0.15, 0.2) is 39.3 Å². The highest BCUT2D eigenvalue weighted by Gasteiger charge is 2.29. The Morgan fingerprint density at radius 1 is 1.35 bits per heavy atom. The van der Waals surface area contributed by atoms with E-state index in [-0.39, 0.29) is 29.2 Å². The number of hydrogen-bond acceptors (Lipinski definition) is 9. The fraction of sp³-hybridized carbons (Fsp3) is 0.333. The predicted octanol–water partition coefficient (Wildman–Crippen LogP) is 1.48. The van der Waals surface area contributed by atoms with Crippen molar-refractivity contribution in [3.05, 3.63) is 24.3 Å². The first kappa shape index (κ1) is 17.6. The minimum Gasteiger partial charge on any atom is -0.352 e. The molecule has 2 N–H and O–H groups in total. The summed E-state index contributed by atoms with van der Waals surface area (Å²) in [5.41, 5.74) is 0.960. The Morgan fingerprint density at radius 3 is 3.00 bits per heavy atom. The maximum Gasteiger partial charge on any atom is 0.230 e. The summed E-state index contributed by atoms with van der Waals surface area (Å²) in [4.78, 5) is 17.5. The van der Waals surface area contributed by atoms with Gasteiger partial charge in [-0.3, -0.25) is 4.79 Å². The number of anilines is 2. The van der Waals surface area contributed by atoms with Crippen molar-refractivity contribution < 1.29 is 13.2 Å². The average Bonchev–Trinajstić information content (AvgIpc) is 2.96. The van der Waals surface area contributed by atoms with E-state index in [1.165, 1.54) is 23.5 Å². The van der Waals surface area contributed by atoms with E-state index in [0.29, 0.717) is 22.4 Å². The van der Waals surface area contributed by atoms with Crippen molar-refractivity contribution in [1.29, 1.82) is 0 Å². The molecule has 0 aliphatic carbocycles. The van der Waals surface area contributed by atoms with Crippen LogP contribution in [-0.4, -0.2) is 52.8 Å². The Balaban J connectivity index is 1.36. The molecule has 2 aliphatic heterocycles. The number of sulfone groups is 1. The van der Waals surface area contributed by atoms with E-state index in [4.69, 9.17) is 0 Å². The fourth-order valence-corrected chi connectivity index (χ4v) is 5.84. The molecule has 1 aromatic heterocycles. The Kier molecular flexibility index (Phi) is 4.76. The van der Waals surface area contributed by atoms with Gasteiger partial charge in [-0.15, -0.1) is 10.2 Å². The molecule has 136 valence electrons. The minimum absolute atomic E-state index is 0.0147. The number of benzene rings is 1. The van der Waals surface area contributed by atoms with Crippen LogP contribution in [0.1, 0.15) is 6.42 Å². The summed E-state index contributed by atoms with van der Waals surface area (Å²) < 4.78 is 22.9. The minimum atomic E-state index is -3.01. The van der Waals surface area contributed by atoms with Crippen molar-refractivity contribution in [2.75, 3.05) is 22.6 Å². The second-order valence-electron chi connectivity index (χ2n) is 5.93. The van der Waals surface area contributed by atoms with Crippen LogP contribution in [0.5, 0.6) is 0 Å². The largest absolute Gasteiger partial charge is 0.352 e. The van der Waals surface area contributed by atoms with E-state index >= 15 is 0 Å². The topological polar surface area (TPSA) is 114 Å². The third kappa shape index (κ3) is 3.94. The number of para-hydroxylation sites is 1. The predicted molar refractivity (Wildman–Crippen MR) is 99.6 cm³/mol. The molecule has 8 nitrogen and oxygen atoms in total. The van der Waals surface area contributed by atoms with Crippen molar-refractivity contribution in [3.8, 4) is 0 Å². The molecule has 1 amide bonds. The number of nitrogens with zero attached hydrogens (tertiary/aromatic N) is 3. The lowest BCUT2D eigenvalue weighted by Crippen LogP contribution is -2.36. The Labute approximate surface area is 158 Å². The number of nitrogens with one attached hydrogen (secondary N) is 2. The number of hydrogen-bond donors (Lipinski definition) is 2. The molecule has 1 atom stereocenters. The number of amides is 1. The summed E-state index contributed by atoms with van der Waals surface area (Å²) in [6.07, 6.45) is 0.468. The van der Waals surface area contributed by atoms with Gasteiger partial charge in [-0.25, -0.2) is 13.4 Å². The van der Waals surface area contributed by atoms with Crippen LogP contribution in [0.3, 0.4) is 0 Å². The Morgan fingerprint density at radius 2 is 2.19 bits per heavy atom. The normalized spacial score (nSPS) is 19.9. The fourth-order valence-electron chi connectivity index (χ4n) is 2.71. The van der Waals surface area contributed by atoms with E-state index < -0.39 is 9.84 Å². The van der Waals surface area contributed by atoms with Crippen LogP contribution in [0.25, 0.3) is 0 Å². The maximum atomic E-state index is 12.0. The van der Waals surface area contributed by atoms with Gasteiger partial charge < -0.3 is 10.6 Å². The van der Waals surface area contributed by atoms with Gasteiger partial charge in [0.15, 0.2) is 20.7 Å². The van der Waals surface area contributed by atoms with Crippen molar-refractivity contribution in [2.24, 2.45) is 0 Å². The summed E-state index contributed by atoms with van der Waals surface area (Å²) in [7, 11) is -3.01. The van der Waals surface area contributed by atoms with Crippen LogP contribution in [0.2, 0.25) is 0 Å². The smallest absolute Gasteiger partial charge is 0.230 e. The van der Waals surface area contributed by atoms with Gasteiger partial charge in [-0.05, 0) is 18.6 Å². The van der Waals surface area contributed by atoms with Gasteiger partial charge in [0.1, 0.15) is 0 Å². The van der Waals surface area contributed by atoms with Crippen LogP contribution in [-0.2, 0) is 14.6 Å². The molecule has 2 aromatic rings. The van der Waals surface area contributed by atoms with E-state index in [9.17, 15) is 13.2 Å². The highest BCUT2D eigenvalue weighted by Crippen LogP contribution is 2.41. The molecule has 0 radical (unpaired) electrons.